The second kappa shape index (κ2) is 3.97. The van der Waals surface area contributed by atoms with Crippen LogP contribution in [-0.2, 0) is 0 Å². The van der Waals surface area contributed by atoms with Gasteiger partial charge < -0.3 is 9.72 Å². The lowest BCUT2D eigenvalue weighted by atomic mass is 10.4. The third-order valence-electron chi connectivity index (χ3n) is 1.13. The van der Waals surface area contributed by atoms with Gasteiger partial charge in [0.2, 0.25) is 5.75 Å². The Balaban J connectivity index is 3.16. The molecular weight excluding hydrogens is 337 g/mol. The Bertz CT molecular complexity index is 403. The summed E-state index contributed by atoms with van der Waals surface area (Å²) in [6, 6.07) is 1.16. The third-order valence-corrected chi connectivity index (χ3v) is 2.13. The largest absolute Gasteiger partial charge is 0.573 e. The molecule has 0 spiro atoms. The maximum atomic E-state index is 11.8. The summed E-state index contributed by atoms with van der Waals surface area (Å²) in [6.45, 7) is 0. The molecule has 1 aromatic rings. The number of rotatable bonds is 1. The van der Waals surface area contributed by atoms with Gasteiger partial charge in [0.1, 0.15) is 5.15 Å². The third kappa shape index (κ3) is 3.05. The predicted octanol–water partition coefficient (Wildman–Crippen LogP) is 2.53. The molecule has 0 aliphatic carbocycles. The molecule has 1 aromatic heterocycles. The van der Waals surface area contributed by atoms with Crippen LogP contribution in [0.5, 0.6) is 5.75 Å². The van der Waals surface area contributed by atoms with E-state index in [0.29, 0.717) is 0 Å². The van der Waals surface area contributed by atoms with Gasteiger partial charge in [-0.15, -0.1) is 13.2 Å². The van der Waals surface area contributed by atoms with Crippen molar-refractivity contribution in [1.82, 2.24) is 4.98 Å². The molecule has 3 nitrogen and oxygen atoms in total. The van der Waals surface area contributed by atoms with E-state index in [9.17, 15) is 18.0 Å². The minimum Gasteiger partial charge on any atom is -0.399 e. The molecule has 8 heteroatoms. The van der Waals surface area contributed by atoms with E-state index < -0.39 is 17.7 Å². The molecule has 0 aromatic carbocycles. The van der Waals surface area contributed by atoms with Crippen molar-refractivity contribution in [2.75, 3.05) is 0 Å². The molecule has 0 amide bonds. The molecule has 14 heavy (non-hydrogen) atoms. The van der Waals surface area contributed by atoms with Gasteiger partial charge in [-0.05, 0) is 28.7 Å². The number of aromatic amines is 1. The molecular formula is C6H2ClF3INO2. The zero-order chi connectivity index (χ0) is 10.9. The van der Waals surface area contributed by atoms with Crippen LogP contribution in [0.4, 0.5) is 13.2 Å². The molecule has 0 aliphatic heterocycles. The van der Waals surface area contributed by atoms with E-state index in [1.165, 1.54) is 22.6 Å². The van der Waals surface area contributed by atoms with E-state index in [2.05, 4.69) is 4.74 Å². The number of H-pyrrole nitrogens is 1. The van der Waals surface area contributed by atoms with Crippen LogP contribution in [0.15, 0.2) is 10.9 Å². The van der Waals surface area contributed by atoms with E-state index >= 15 is 0 Å². The summed E-state index contributed by atoms with van der Waals surface area (Å²) in [5.41, 5.74) is -1.01. The van der Waals surface area contributed by atoms with Gasteiger partial charge in [-0.25, -0.2) is 0 Å². The first-order valence-corrected chi connectivity index (χ1v) is 4.59. The zero-order valence-corrected chi connectivity index (χ0v) is 9.20. The van der Waals surface area contributed by atoms with Crippen LogP contribution in [0.25, 0.3) is 0 Å². The lowest BCUT2D eigenvalue weighted by molar-refractivity contribution is -0.275. The molecule has 0 atom stereocenters. The standard InChI is InChI=1S/C6H2ClF3INO2/c7-3-1-2(11)4(5(13)12-3)14-6(8,9)10/h1H,(H,12,13). The number of nitrogens with one attached hydrogen (secondary N) is 1. The number of halogens is 5. The minimum atomic E-state index is -4.89. The highest BCUT2D eigenvalue weighted by atomic mass is 127. The highest BCUT2D eigenvalue weighted by Crippen LogP contribution is 2.24. The van der Waals surface area contributed by atoms with Gasteiger partial charge in [0.25, 0.3) is 5.56 Å². The fourth-order valence-corrected chi connectivity index (χ4v) is 1.74. The Hall–Kier alpha value is -0.440. The molecule has 1 rings (SSSR count). The molecule has 0 fully saturated rings. The van der Waals surface area contributed by atoms with Crippen LogP contribution >= 0.6 is 34.2 Å². The van der Waals surface area contributed by atoms with Crippen molar-refractivity contribution in [1.29, 1.82) is 0 Å². The average Bonchev–Trinajstić information content (AvgIpc) is 1.95. The number of aromatic nitrogens is 1. The van der Waals surface area contributed by atoms with Crippen LogP contribution in [0.1, 0.15) is 0 Å². The minimum absolute atomic E-state index is 0.00586. The Morgan fingerprint density at radius 2 is 2.07 bits per heavy atom. The molecule has 0 saturated carbocycles. The topological polar surface area (TPSA) is 42.1 Å². The van der Waals surface area contributed by atoms with Gasteiger partial charge >= 0.3 is 6.36 Å². The summed E-state index contributed by atoms with van der Waals surface area (Å²) in [5.74, 6) is -0.803. The smallest absolute Gasteiger partial charge is 0.399 e. The Morgan fingerprint density at radius 3 is 2.50 bits per heavy atom. The summed E-state index contributed by atoms with van der Waals surface area (Å²) < 4.78 is 38.9. The second-order valence-electron chi connectivity index (χ2n) is 2.17. The maximum absolute atomic E-state index is 11.8. The van der Waals surface area contributed by atoms with Gasteiger partial charge in [-0.3, -0.25) is 4.79 Å². The molecule has 0 aliphatic rings. The van der Waals surface area contributed by atoms with E-state index in [1.807, 2.05) is 4.98 Å². The van der Waals surface area contributed by atoms with Gasteiger partial charge in [-0.2, -0.15) is 0 Å². The first kappa shape index (κ1) is 11.6. The maximum Gasteiger partial charge on any atom is 0.573 e. The van der Waals surface area contributed by atoms with E-state index in [1.54, 1.807) is 0 Å². The van der Waals surface area contributed by atoms with Crippen molar-refractivity contribution < 1.29 is 17.9 Å². The van der Waals surface area contributed by atoms with Gasteiger partial charge in [0.15, 0.2) is 0 Å². The summed E-state index contributed by atoms with van der Waals surface area (Å²) >= 11 is 6.92. The Morgan fingerprint density at radius 1 is 1.50 bits per heavy atom. The first-order chi connectivity index (χ1) is 6.29. The second-order valence-corrected chi connectivity index (χ2v) is 3.74. The van der Waals surface area contributed by atoms with E-state index in [0.717, 1.165) is 6.07 Å². The SMILES string of the molecule is O=c1[nH]c(Cl)cc(I)c1OC(F)(F)F. The highest BCUT2D eigenvalue weighted by Gasteiger charge is 2.33. The van der Waals surface area contributed by atoms with Crippen molar-refractivity contribution in [2.45, 2.75) is 6.36 Å². The van der Waals surface area contributed by atoms with Gasteiger partial charge in [-0.1, -0.05) is 11.6 Å². The van der Waals surface area contributed by atoms with Crippen LogP contribution in [0.3, 0.4) is 0 Å². The number of hydrogen-bond donors (Lipinski definition) is 1. The van der Waals surface area contributed by atoms with Gasteiger partial charge in [0, 0.05) is 0 Å². The van der Waals surface area contributed by atoms with Crippen LogP contribution in [0.2, 0.25) is 5.15 Å². The van der Waals surface area contributed by atoms with Crippen LogP contribution < -0.4 is 10.3 Å². The molecule has 0 radical (unpaired) electrons. The lowest BCUT2D eigenvalue weighted by Crippen LogP contribution is -2.23. The normalized spacial score (nSPS) is 11.5. The lowest BCUT2D eigenvalue weighted by Gasteiger charge is -2.09. The van der Waals surface area contributed by atoms with Crippen LogP contribution in [-0.4, -0.2) is 11.3 Å². The Kier molecular flexibility index (Phi) is 3.30. The molecule has 78 valence electrons. The number of ether oxygens (including phenoxy) is 1. The van der Waals surface area contributed by atoms with Gasteiger partial charge in [0.05, 0.1) is 3.57 Å². The number of pyridine rings is 1. The average molecular weight is 339 g/mol. The molecule has 1 N–H and O–H groups in total. The fourth-order valence-electron chi connectivity index (χ4n) is 0.697. The monoisotopic (exact) mass is 339 g/mol. The molecule has 0 unspecified atom stereocenters. The Labute approximate surface area is 94.4 Å². The molecule has 0 saturated heterocycles. The van der Waals surface area contributed by atoms with Crippen molar-refractivity contribution >= 4 is 34.2 Å². The number of hydrogen-bond acceptors (Lipinski definition) is 2. The summed E-state index contributed by atoms with van der Waals surface area (Å²) in [5, 5.41) is -0.0473. The van der Waals surface area contributed by atoms with Crippen molar-refractivity contribution in [3.05, 3.63) is 25.1 Å². The quantitative estimate of drug-likeness (QED) is 0.631. The summed E-state index contributed by atoms with van der Waals surface area (Å²) in [7, 11) is 0. The molecule has 0 bridgehead atoms. The van der Waals surface area contributed by atoms with E-state index in [4.69, 9.17) is 11.6 Å². The molecule has 1 heterocycles. The highest BCUT2D eigenvalue weighted by molar-refractivity contribution is 14.1. The fraction of sp³-hybridized carbons (Fsp3) is 0.167. The van der Waals surface area contributed by atoms with Crippen molar-refractivity contribution in [2.24, 2.45) is 0 Å². The zero-order valence-electron chi connectivity index (χ0n) is 6.28. The summed E-state index contributed by atoms with van der Waals surface area (Å²) in [4.78, 5) is 13.0. The van der Waals surface area contributed by atoms with Crippen molar-refractivity contribution in [3.8, 4) is 5.75 Å². The van der Waals surface area contributed by atoms with Crippen molar-refractivity contribution in [3.63, 3.8) is 0 Å². The van der Waals surface area contributed by atoms with E-state index in [-0.39, 0.29) is 8.72 Å². The number of alkyl halides is 3. The first-order valence-electron chi connectivity index (χ1n) is 3.13. The predicted molar refractivity (Wildman–Crippen MR) is 51.5 cm³/mol. The van der Waals surface area contributed by atoms with Crippen LogP contribution in [0, 0.1) is 3.57 Å². The summed E-state index contributed by atoms with van der Waals surface area (Å²) in [6.07, 6.45) is -4.89.